The summed E-state index contributed by atoms with van der Waals surface area (Å²) in [4.78, 5) is 0. The van der Waals surface area contributed by atoms with Crippen LogP contribution in [0.5, 0.6) is 0 Å². The zero-order chi connectivity index (χ0) is 26.0. The van der Waals surface area contributed by atoms with Crippen LogP contribution in [0.4, 0.5) is 0 Å². The van der Waals surface area contributed by atoms with Crippen LogP contribution in [0.3, 0.4) is 0 Å². The van der Waals surface area contributed by atoms with E-state index in [9.17, 15) is 0 Å². The molecule has 0 N–H and O–H groups in total. The first-order valence-corrected chi connectivity index (χ1v) is 13.5. The second-order valence-corrected chi connectivity index (χ2v) is 10.9. The van der Waals surface area contributed by atoms with Crippen LogP contribution in [0.2, 0.25) is 0 Å². The molecule has 0 spiro atoms. The number of fused-ring (bicyclic) bond motifs is 2. The lowest BCUT2D eigenvalue weighted by atomic mass is 9.87. The fourth-order valence-corrected chi connectivity index (χ4v) is 6.08. The van der Waals surface area contributed by atoms with Crippen molar-refractivity contribution in [3.63, 3.8) is 0 Å². The highest BCUT2D eigenvalue weighted by Crippen LogP contribution is 2.40. The molecule has 38 heavy (non-hydrogen) atoms. The van der Waals surface area contributed by atoms with Gasteiger partial charge in [-0.1, -0.05) is 133 Å². The number of nitrogens with zero attached hydrogens (tertiary/aromatic N) is 1. The van der Waals surface area contributed by atoms with Gasteiger partial charge in [0.2, 0.25) is 0 Å². The molecule has 6 aromatic rings. The van der Waals surface area contributed by atoms with Crippen LogP contribution in [0.25, 0.3) is 32.7 Å². The predicted octanol–water partition coefficient (Wildman–Crippen LogP) is 9.32. The molecule has 0 radical (unpaired) electrons. The molecular formula is C37H34N+. The number of benzene rings is 6. The highest BCUT2D eigenvalue weighted by Gasteiger charge is 2.27. The van der Waals surface area contributed by atoms with E-state index in [1.165, 1.54) is 54.9 Å². The zero-order valence-electron chi connectivity index (χ0n) is 22.3. The van der Waals surface area contributed by atoms with E-state index in [-0.39, 0.29) is 0 Å². The van der Waals surface area contributed by atoms with Crippen LogP contribution >= 0.6 is 0 Å². The van der Waals surface area contributed by atoms with Gasteiger partial charge in [-0.3, -0.25) is 0 Å². The Morgan fingerprint density at radius 2 is 0.921 bits per heavy atom. The normalized spacial score (nSPS) is 11.7. The first-order chi connectivity index (χ1) is 18.6. The van der Waals surface area contributed by atoms with Gasteiger partial charge in [-0.2, -0.15) is 0 Å². The molecule has 6 rings (SSSR count). The summed E-state index contributed by atoms with van der Waals surface area (Å²) in [5, 5.41) is 5.23. The van der Waals surface area contributed by atoms with Gasteiger partial charge in [-0.25, -0.2) is 0 Å². The van der Waals surface area contributed by atoms with E-state index >= 15 is 0 Å². The van der Waals surface area contributed by atoms with Crippen LogP contribution in [0.15, 0.2) is 133 Å². The first-order valence-electron chi connectivity index (χ1n) is 13.5. The maximum Gasteiger partial charge on any atom is 0.105 e. The molecule has 0 saturated heterocycles. The van der Waals surface area contributed by atoms with Crippen molar-refractivity contribution in [1.29, 1.82) is 0 Å². The Balaban J connectivity index is 1.55. The van der Waals surface area contributed by atoms with Gasteiger partial charge in [-0.05, 0) is 45.2 Å². The second kappa shape index (κ2) is 10.3. The number of hydrogen-bond acceptors (Lipinski definition) is 0. The largest absolute Gasteiger partial charge is 0.315 e. The third-order valence-electron chi connectivity index (χ3n) is 7.77. The minimum atomic E-state index is 0.892. The van der Waals surface area contributed by atoms with Crippen molar-refractivity contribution in [2.75, 3.05) is 7.05 Å². The van der Waals surface area contributed by atoms with Gasteiger partial charge in [0.25, 0.3) is 0 Å². The lowest BCUT2D eigenvalue weighted by molar-refractivity contribution is -0.948. The van der Waals surface area contributed by atoms with E-state index in [4.69, 9.17) is 0 Å². The first kappa shape index (κ1) is 24.2. The van der Waals surface area contributed by atoms with E-state index in [2.05, 4.69) is 147 Å². The maximum atomic E-state index is 2.41. The summed E-state index contributed by atoms with van der Waals surface area (Å²) in [6.45, 7) is 5.13. The highest BCUT2D eigenvalue weighted by atomic mass is 15.3. The molecule has 0 bridgehead atoms. The van der Waals surface area contributed by atoms with Gasteiger partial charge in [-0.15, -0.1) is 0 Å². The SMILES string of the molecule is Cc1ccc2ccccc2c1-c1c(C[N+](C)(Cc2ccccc2)Cc2ccccc2)ccc2ccccc12. The molecule has 1 nitrogen and oxygen atoms in total. The van der Waals surface area contributed by atoms with Crippen molar-refractivity contribution in [3.8, 4) is 11.1 Å². The number of rotatable bonds is 7. The van der Waals surface area contributed by atoms with Crippen molar-refractivity contribution in [1.82, 2.24) is 0 Å². The second-order valence-electron chi connectivity index (χ2n) is 10.9. The average Bonchev–Trinajstić information content (AvgIpc) is 2.94. The standard InChI is InChI=1S/C37H34N/c1-28-21-22-31-17-9-11-19-34(31)36(28)37-33(24-23-32-18-10-12-20-35(32)37)27-38(2,25-29-13-5-3-6-14-29)26-30-15-7-4-8-16-30/h3-24H,25-27H2,1-2H3/q+1. The van der Waals surface area contributed by atoms with Crippen molar-refractivity contribution in [3.05, 3.63) is 156 Å². The van der Waals surface area contributed by atoms with Gasteiger partial charge >= 0.3 is 0 Å². The van der Waals surface area contributed by atoms with Crippen molar-refractivity contribution in [2.24, 2.45) is 0 Å². The van der Waals surface area contributed by atoms with Gasteiger partial charge in [0, 0.05) is 16.7 Å². The molecule has 0 saturated carbocycles. The third kappa shape index (κ3) is 4.86. The Morgan fingerprint density at radius 1 is 0.447 bits per heavy atom. The monoisotopic (exact) mass is 492 g/mol. The Labute approximate surface area is 226 Å². The van der Waals surface area contributed by atoms with E-state index in [0.29, 0.717) is 0 Å². The zero-order valence-corrected chi connectivity index (χ0v) is 22.3. The molecule has 0 aliphatic heterocycles. The van der Waals surface area contributed by atoms with E-state index in [1.54, 1.807) is 0 Å². The molecule has 6 aromatic carbocycles. The molecule has 0 fully saturated rings. The van der Waals surface area contributed by atoms with Gasteiger partial charge in [0.15, 0.2) is 0 Å². The molecule has 0 aliphatic carbocycles. The topological polar surface area (TPSA) is 0 Å². The predicted molar refractivity (Wildman–Crippen MR) is 162 cm³/mol. The summed E-state index contributed by atoms with van der Waals surface area (Å²) in [7, 11) is 2.41. The van der Waals surface area contributed by atoms with Crippen molar-refractivity contribution >= 4 is 21.5 Å². The Hall–Kier alpha value is -4.20. The summed E-state index contributed by atoms with van der Waals surface area (Å²) in [6, 6.07) is 48.8. The molecule has 0 unspecified atom stereocenters. The highest BCUT2D eigenvalue weighted by molar-refractivity contribution is 6.07. The van der Waals surface area contributed by atoms with Crippen molar-refractivity contribution < 1.29 is 4.48 Å². The summed E-state index contributed by atoms with van der Waals surface area (Å²) in [5.41, 5.74) is 8.20. The van der Waals surface area contributed by atoms with Crippen LogP contribution in [-0.2, 0) is 19.6 Å². The molecule has 0 atom stereocenters. The summed E-state index contributed by atoms with van der Waals surface area (Å²) in [6.07, 6.45) is 0. The molecule has 0 aromatic heterocycles. The maximum absolute atomic E-state index is 2.41. The van der Waals surface area contributed by atoms with Crippen LogP contribution in [0, 0.1) is 6.92 Å². The lowest BCUT2D eigenvalue weighted by Crippen LogP contribution is -2.41. The number of aryl methyl sites for hydroxylation is 1. The average molecular weight is 493 g/mol. The molecule has 0 amide bonds. The van der Waals surface area contributed by atoms with E-state index in [1.807, 2.05) is 0 Å². The van der Waals surface area contributed by atoms with Gasteiger partial charge in [0.05, 0.1) is 7.05 Å². The molecular weight excluding hydrogens is 458 g/mol. The minimum absolute atomic E-state index is 0.892. The summed E-state index contributed by atoms with van der Waals surface area (Å²) < 4.78 is 0.892. The third-order valence-corrected chi connectivity index (χ3v) is 7.77. The smallest absolute Gasteiger partial charge is 0.105 e. The quantitative estimate of drug-likeness (QED) is 0.195. The van der Waals surface area contributed by atoms with Crippen LogP contribution in [-0.4, -0.2) is 11.5 Å². The van der Waals surface area contributed by atoms with Gasteiger partial charge < -0.3 is 4.48 Å². The van der Waals surface area contributed by atoms with E-state index in [0.717, 1.165) is 24.1 Å². The van der Waals surface area contributed by atoms with Crippen LogP contribution in [0.1, 0.15) is 22.3 Å². The fraction of sp³-hybridized carbons (Fsp3) is 0.135. The molecule has 0 heterocycles. The van der Waals surface area contributed by atoms with Crippen LogP contribution < -0.4 is 0 Å². The molecule has 0 aliphatic rings. The van der Waals surface area contributed by atoms with Crippen molar-refractivity contribution in [2.45, 2.75) is 26.6 Å². The Bertz CT molecular complexity index is 1660. The number of hydrogen-bond donors (Lipinski definition) is 0. The van der Waals surface area contributed by atoms with Gasteiger partial charge in [0.1, 0.15) is 19.6 Å². The Morgan fingerprint density at radius 3 is 1.50 bits per heavy atom. The van der Waals surface area contributed by atoms with E-state index < -0.39 is 0 Å². The molecule has 186 valence electrons. The fourth-order valence-electron chi connectivity index (χ4n) is 6.08. The summed E-state index contributed by atoms with van der Waals surface area (Å²) >= 11 is 0. The number of quaternary nitrogens is 1. The molecule has 1 heteroatoms. The Kier molecular flexibility index (Phi) is 6.54. The minimum Gasteiger partial charge on any atom is -0.315 e. The lowest BCUT2D eigenvalue weighted by Gasteiger charge is -2.36. The summed E-state index contributed by atoms with van der Waals surface area (Å²) in [5.74, 6) is 0.